The molecule has 0 saturated carbocycles. The van der Waals surface area contributed by atoms with Gasteiger partial charge in [0.25, 0.3) is 0 Å². The summed E-state index contributed by atoms with van der Waals surface area (Å²) in [4.78, 5) is 9.30. The smallest absolute Gasteiger partial charge is 0.191 e. The van der Waals surface area contributed by atoms with Crippen molar-refractivity contribution in [2.24, 2.45) is 4.99 Å². The molecule has 1 aliphatic heterocycles. The van der Waals surface area contributed by atoms with E-state index in [4.69, 9.17) is 0 Å². The largest absolute Gasteiger partial charge is 0.369 e. The normalized spacial score (nSPS) is 18.0. The van der Waals surface area contributed by atoms with Crippen molar-refractivity contribution in [3.8, 4) is 0 Å². The second-order valence-corrected chi connectivity index (χ2v) is 6.64. The molecule has 0 aliphatic carbocycles. The third-order valence-electron chi connectivity index (χ3n) is 4.96. The van der Waals surface area contributed by atoms with Gasteiger partial charge in [-0.1, -0.05) is 32.0 Å². The molecule has 1 aliphatic rings. The van der Waals surface area contributed by atoms with E-state index in [9.17, 15) is 0 Å². The third-order valence-corrected chi connectivity index (χ3v) is 4.96. The Bertz CT molecular complexity index is 498. The molecular formula is C20H35N5. The molecule has 0 bridgehead atoms. The van der Waals surface area contributed by atoms with E-state index in [0.29, 0.717) is 6.04 Å². The van der Waals surface area contributed by atoms with Gasteiger partial charge in [0, 0.05) is 38.4 Å². The van der Waals surface area contributed by atoms with Crippen LogP contribution >= 0.6 is 0 Å². The summed E-state index contributed by atoms with van der Waals surface area (Å²) in [6.45, 7) is 11.1. The van der Waals surface area contributed by atoms with Gasteiger partial charge in [-0.15, -0.1) is 0 Å². The second-order valence-electron chi connectivity index (χ2n) is 6.64. The first kappa shape index (κ1) is 19.6. The number of benzene rings is 1. The predicted octanol–water partition coefficient (Wildman–Crippen LogP) is 2.55. The van der Waals surface area contributed by atoms with Gasteiger partial charge in [-0.3, -0.25) is 4.99 Å². The average molecular weight is 346 g/mol. The van der Waals surface area contributed by atoms with Crippen molar-refractivity contribution < 1.29 is 0 Å². The van der Waals surface area contributed by atoms with Crippen LogP contribution in [-0.4, -0.2) is 63.2 Å². The lowest BCUT2D eigenvalue weighted by Gasteiger charge is -2.20. The summed E-state index contributed by atoms with van der Waals surface area (Å²) in [6, 6.07) is 11.1. The number of unbranched alkanes of at least 4 members (excludes halogenated alkanes) is 1. The molecule has 0 spiro atoms. The van der Waals surface area contributed by atoms with Gasteiger partial charge in [0.15, 0.2) is 5.96 Å². The van der Waals surface area contributed by atoms with Crippen molar-refractivity contribution in [3.63, 3.8) is 0 Å². The first-order chi connectivity index (χ1) is 12.3. The first-order valence-electron chi connectivity index (χ1n) is 9.76. The molecule has 1 saturated heterocycles. The molecule has 0 aromatic heterocycles. The molecule has 0 radical (unpaired) electrons. The van der Waals surface area contributed by atoms with Crippen molar-refractivity contribution >= 4 is 11.6 Å². The zero-order chi connectivity index (χ0) is 17.9. The zero-order valence-electron chi connectivity index (χ0n) is 16.2. The quantitative estimate of drug-likeness (QED) is 0.410. The Morgan fingerprint density at radius 1 is 1.20 bits per heavy atom. The van der Waals surface area contributed by atoms with E-state index in [1.54, 1.807) is 0 Å². The van der Waals surface area contributed by atoms with Gasteiger partial charge < -0.3 is 20.4 Å². The summed E-state index contributed by atoms with van der Waals surface area (Å²) in [5.74, 6) is 0.933. The fourth-order valence-electron chi connectivity index (χ4n) is 3.35. The molecule has 140 valence electrons. The lowest BCUT2D eigenvalue weighted by Crippen LogP contribution is -2.45. The summed E-state index contributed by atoms with van der Waals surface area (Å²) in [7, 11) is 1.86. The number of aliphatic imine (C=N–C) groups is 1. The van der Waals surface area contributed by atoms with Gasteiger partial charge in [0.05, 0.1) is 0 Å². The number of rotatable bonds is 9. The minimum Gasteiger partial charge on any atom is -0.369 e. The molecule has 1 unspecified atom stereocenters. The van der Waals surface area contributed by atoms with Crippen LogP contribution in [0.4, 0.5) is 5.69 Å². The minimum atomic E-state index is 0.460. The van der Waals surface area contributed by atoms with Crippen LogP contribution in [0.3, 0.4) is 0 Å². The fraction of sp³-hybridized carbons (Fsp3) is 0.650. The van der Waals surface area contributed by atoms with E-state index < -0.39 is 0 Å². The van der Waals surface area contributed by atoms with Gasteiger partial charge in [-0.05, 0) is 51.0 Å². The van der Waals surface area contributed by atoms with E-state index in [0.717, 1.165) is 45.1 Å². The summed E-state index contributed by atoms with van der Waals surface area (Å²) in [5.41, 5.74) is 1.31. The van der Waals surface area contributed by atoms with Crippen LogP contribution in [0.25, 0.3) is 0 Å². The Hall–Kier alpha value is -1.75. The van der Waals surface area contributed by atoms with Gasteiger partial charge in [-0.2, -0.15) is 0 Å². The summed E-state index contributed by atoms with van der Waals surface area (Å²) in [5, 5.41) is 7.04. The lowest BCUT2D eigenvalue weighted by atomic mass is 10.2. The van der Waals surface area contributed by atoms with Gasteiger partial charge in [0.2, 0.25) is 0 Å². The monoisotopic (exact) mass is 345 g/mol. The molecule has 5 heteroatoms. The van der Waals surface area contributed by atoms with Crippen LogP contribution in [0.15, 0.2) is 35.3 Å². The highest BCUT2D eigenvalue weighted by atomic mass is 15.2. The Kier molecular flexibility index (Phi) is 8.60. The fourth-order valence-corrected chi connectivity index (χ4v) is 3.35. The van der Waals surface area contributed by atoms with Crippen molar-refractivity contribution in [2.75, 3.05) is 51.2 Å². The number of hydrogen-bond donors (Lipinski definition) is 2. The number of para-hydroxylation sites is 1. The predicted molar refractivity (Wildman–Crippen MR) is 109 cm³/mol. The molecule has 25 heavy (non-hydrogen) atoms. The molecule has 1 heterocycles. The van der Waals surface area contributed by atoms with Crippen LogP contribution in [0, 0.1) is 0 Å². The van der Waals surface area contributed by atoms with Crippen LogP contribution in [0.2, 0.25) is 0 Å². The maximum absolute atomic E-state index is 4.38. The molecule has 5 nitrogen and oxygen atoms in total. The molecule has 2 N–H and O–H groups in total. The van der Waals surface area contributed by atoms with E-state index in [-0.39, 0.29) is 0 Å². The minimum absolute atomic E-state index is 0.460. The Morgan fingerprint density at radius 3 is 2.64 bits per heavy atom. The van der Waals surface area contributed by atoms with Gasteiger partial charge in [-0.25, -0.2) is 0 Å². The van der Waals surface area contributed by atoms with E-state index in [2.05, 4.69) is 69.6 Å². The number of anilines is 1. The van der Waals surface area contributed by atoms with Gasteiger partial charge in [0.1, 0.15) is 0 Å². The first-order valence-corrected chi connectivity index (χ1v) is 9.76. The maximum atomic E-state index is 4.38. The van der Waals surface area contributed by atoms with Crippen molar-refractivity contribution in [3.05, 3.63) is 30.3 Å². The number of hydrogen-bond acceptors (Lipinski definition) is 3. The van der Waals surface area contributed by atoms with Crippen LogP contribution in [0.1, 0.15) is 33.1 Å². The highest BCUT2D eigenvalue weighted by Gasteiger charge is 2.23. The van der Waals surface area contributed by atoms with Crippen molar-refractivity contribution in [1.82, 2.24) is 15.5 Å². The lowest BCUT2D eigenvalue weighted by molar-refractivity contribution is 0.297. The molecule has 1 aromatic carbocycles. The number of nitrogens with zero attached hydrogens (tertiary/aromatic N) is 3. The molecule has 2 rings (SSSR count). The second kappa shape index (κ2) is 11.0. The standard InChI is InChI=1S/C20H35N5/c1-4-24(5-2)15-10-9-14-22-20(21-3)23-18-13-16-25(17-18)19-11-7-6-8-12-19/h6-8,11-12,18H,4-5,9-10,13-17H2,1-3H3,(H2,21,22,23). The Labute approximate surface area is 153 Å². The molecule has 0 amide bonds. The van der Waals surface area contributed by atoms with E-state index >= 15 is 0 Å². The molecule has 1 fully saturated rings. The summed E-state index contributed by atoms with van der Waals surface area (Å²) >= 11 is 0. The number of guanidine groups is 1. The van der Waals surface area contributed by atoms with E-state index in [1.165, 1.54) is 25.1 Å². The van der Waals surface area contributed by atoms with Gasteiger partial charge >= 0.3 is 0 Å². The maximum Gasteiger partial charge on any atom is 0.191 e. The summed E-state index contributed by atoms with van der Waals surface area (Å²) in [6.07, 6.45) is 3.56. The van der Waals surface area contributed by atoms with Crippen molar-refractivity contribution in [2.45, 2.75) is 39.2 Å². The molecule has 1 aromatic rings. The average Bonchev–Trinajstić information content (AvgIpc) is 3.13. The molecular weight excluding hydrogens is 310 g/mol. The topological polar surface area (TPSA) is 42.9 Å². The Balaban J connectivity index is 1.65. The van der Waals surface area contributed by atoms with E-state index in [1.807, 2.05) is 7.05 Å². The van der Waals surface area contributed by atoms with Crippen molar-refractivity contribution in [1.29, 1.82) is 0 Å². The highest BCUT2D eigenvalue weighted by molar-refractivity contribution is 5.80. The van der Waals surface area contributed by atoms with Crippen LogP contribution in [0.5, 0.6) is 0 Å². The zero-order valence-corrected chi connectivity index (χ0v) is 16.2. The third kappa shape index (κ3) is 6.58. The van der Waals surface area contributed by atoms with Crippen LogP contribution < -0.4 is 15.5 Å². The highest BCUT2D eigenvalue weighted by Crippen LogP contribution is 2.19. The number of nitrogens with one attached hydrogen (secondary N) is 2. The van der Waals surface area contributed by atoms with Crippen LogP contribution in [-0.2, 0) is 0 Å². The Morgan fingerprint density at radius 2 is 1.96 bits per heavy atom. The molecule has 1 atom stereocenters. The SMILES string of the molecule is CCN(CC)CCCCNC(=NC)NC1CCN(c2ccccc2)C1. The summed E-state index contributed by atoms with van der Waals surface area (Å²) < 4.78 is 0.